The molecule has 0 amide bonds. The van der Waals surface area contributed by atoms with Gasteiger partial charge in [-0.05, 0) is 31.2 Å². The summed E-state index contributed by atoms with van der Waals surface area (Å²) in [6.07, 6.45) is 0. The minimum Gasteiger partial charge on any atom is -0.493 e. The number of benzene rings is 2. The van der Waals surface area contributed by atoms with E-state index in [-0.39, 0.29) is 5.75 Å². The first-order valence-electron chi connectivity index (χ1n) is 8.87. The second-order valence-electron chi connectivity index (χ2n) is 6.17. The molecule has 158 valence electrons. The summed E-state index contributed by atoms with van der Waals surface area (Å²) in [4.78, 5) is 12.1. The van der Waals surface area contributed by atoms with Crippen LogP contribution >= 0.6 is 11.8 Å². The topological polar surface area (TPSA) is 111 Å². The molecule has 0 aliphatic heterocycles. The maximum atomic E-state index is 12.1. The third kappa shape index (κ3) is 4.60. The van der Waals surface area contributed by atoms with Crippen molar-refractivity contribution in [1.82, 2.24) is 14.9 Å². The number of nitrogen functional groups attached to an aromatic ring is 1. The van der Waals surface area contributed by atoms with E-state index in [0.717, 1.165) is 17.3 Å². The molecular formula is C20H22N4O5S. The van der Waals surface area contributed by atoms with Crippen molar-refractivity contribution in [3.63, 3.8) is 0 Å². The summed E-state index contributed by atoms with van der Waals surface area (Å²) in [5, 5.41) is 8.55. The van der Waals surface area contributed by atoms with Gasteiger partial charge >= 0.3 is 5.97 Å². The molecule has 0 spiro atoms. The molecule has 0 saturated carbocycles. The summed E-state index contributed by atoms with van der Waals surface area (Å²) in [6.45, 7) is 1.96. The first-order valence-corrected chi connectivity index (χ1v) is 9.86. The summed E-state index contributed by atoms with van der Waals surface area (Å²) in [6, 6.07) is 10.7. The van der Waals surface area contributed by atoms with Gasteiger partial charge in [0.1, 0.15) is 5.75 Å². The summed E-state index contributed by atoms with van der Waals surface area (Å²) in [7, 11) is 4.57. The highest BCUT2D eigenvalue weighted by Crippen LogP contribution is 2.40. The molecule has 0 aliphatic rings. The van der Waals surface area contributed by atoms with Gasteiger partial charge in [0.05, 0.1) is 27.1 Å². The fourth-order valence-electron chi connectivity index (χ4n) is 2.67. The molecule has 0 bridgehead atoms. The van der Waals surface area contributed by atoms with E-state index in [4.69, 9.17) is 24.8 Å². The van der Waals surface area contributed by atoms with Gasteiger partial charge < -0.3 is 24.8 Å². The van der Waals surface area contributed by atoms with Crippen LogP contribution in [-0.4, -0.2) is 47.9 Å². The van der Waals surface area contributed by atoms with Gasteiger partial charge in [-0.2, -0.15) is 0 Å². The minimum absolute atomic E-state index is 0.0263. The smallest absolute Gasteiger partial charge is 0.321 e. The van der Waals surface area contributed by atoms with Crippen LogP contribution in [0, 0.1) is 6.92 Å². The summed E-state index contributed by atoms with van der Waals surface area (Å²) >= 11 is 1.12. The third-order valence-electron chi connectivity index (χ3n) is 4.16. The first kappa shape index (κ1) is 21.3. The molecule has 0 unspecified atom stereocenters. The number of ether oxygens (including phenoxy) is 4. The van der Waals surface area contributed by atoms with E-state index in [2.05, 4.69) is 10.2 Å². The number of methoxy groups -OCH3 is 3. The normalized spacial score (nSPS) is 10.5. The number of hydrogen-bond donors (Lipinski definition) is 1. The van der Waals surface area contributed by atoms with Crippen molar-refractivity contribution in [2.45, 2.75) is 12.1 Å². The molecule has 2 N–H and O–H groups in total. The number of rotatable bonds is 8. The molecule has 9 nitrogen and oxygen atoms in total. The molecule has 1 aromatic heterocycles. The quantitative estimate of drug-likeness (QED) is 0.249. The Kier molecular flexibility index (Phi) is 6.68. The lowest BCUT2D eigenvalue weighted by Gasteiger charge is -2.13. The van der Waals surface area contributed by atoms with Crippen molar-refractivity contribution in [3.05, 3.63) is 42.0 Å². The van der Waals surface area contributed by atoms with Crippen LogP contribution in [0.2, 0.25) is 0 Å². The van der Waals surface area contributed by atoms with Crippen LogP contribution in [0.3, 0.4) is 0 Å². The highest BCUT2D eigenvalue weighted by Gasteiger charge is 2.19. The molecule has 30 heavy (non-hydrogen) atoms. The van der Waals surface area contributed by atoms with Gasteiger partial charge in [0, 0.05) is 5.56 Å². The number of aryl methyl sites for hydroxylation is 1. The van der Waals surface area contributed by atoms with Crippen LogP contribution in [-0.2, 0) is 4.79 Å². The van der Waals surface area contributed by atoms with Crippen LogP contribution < -0.4 is 24.8 Å². The number of carbonyl (C=O) groups excluding carboxylic acids is 1. The van der Waals surface area contributed by atoms with Crippen molar-refractivity contribution in [3.8, 4) is 34.4 Å². The number of nitrogens with zero attached hydrogens (tertiary/aromatic N) is 3. The average Bonchev–Trinajstić information content (AvgIpc) is 3.13. The predicted molar refractivity (Wildman–Crippen MR) is 113 cm³/mol. The molecule has 0 fully saturated rings. The maximum absolute atomic E-state index is 12.1. The standard InChI is InChI=1S/C20H22N4O5S/c1-12-5-7-14(8-6-12)29-17(25)11-30-20-23-22-19(24(20)21)13-9-15(26-2)18(28-4)16(10-13)27-3/h5-10H,11,21H2,1-4H3. The number of nitrogens with two attached hydrogens (primary N) is 1. The second kappa shape index (κ2) is 9.40. The van der Waals surface area contributed by atoms with Gasteiger partial charge in [0.15, 0.2) is 17.3 Å². The Balaban J connectivity index is 1.74. The molecule has 0 atom stereocenters. The Hall–Kier alpha value is -3.40. The van der Waals surface area contributed by atoms with Gasteiger partial charge in [-0.15, -0.1) is 10.2 Å². The highest BCUT2D eigenvalue weighted by molar-refractivity contribution is 7.99. The fourth-order valence-corrected chi connectivity index (χ4v) is 3.30. The van der Waals surface area contributed by atoms with E-state index >= 15 is 0 Å². The van der Waals surface area contributed by atoms with Crippen LogP contribution in [0.1, 0.15) is 5.56 Å². The van der Waals surface area contributed by atoms with E-state index in [1.165, 1.54) is 26.0 Å². The molecule has 1 heterocycles. The van der Waals surface area contributed by atoms with E-state index < -0.39 is 5.97 Å². The largest absolute Gasteiger partial charge is 0.493 e. The molecule has 0 aliphatic carbocycles. The molecule has 3 rings (SSSR count). The van der Waals surface area contributed by atoms with Crippen molar-refractivity contribution in [2.75, 3.05) is 32.9 Å². The Bertz CT molecular complexity index is 1010. The number of esters is 1. The van der Waals surface area contributed by atoms with Crippen LogP contribution in [0.4, 0.5) is 0 Å². The van der Waals surface area contributed by atoms with E-state index in [9.17, 15) is 4.79 Å². The lowest BCUT2D eigenvalue weighted by molar-refractivity contribution is -0.131. The van der Waals surface area contributed by atoms with E-state index in [0.29, 0.717) is 39.5 Å². The fraction of sp³-hybridized carbons (Fsp3) is 0.250. The van der Waals surface area contributed by atoms with Crippen LogP contribution in [0.25, 0.3) is 11.4 Å². The molecule has 10 heteroatoms. The zero-order chi connectivity index (χ0) is 21.7. The second-order valence-corrected chi connectivity index (χ2v) is 7.11. The molecule has 0 radical (unpaired) electrons. The van der Waals surface area contributed by atoms with Gasteiger partial charge in [-0.3, -0.25) is 4.79 Å². The van der Waals surface area contributed by atoms with Crippen molar-refractivity contribution >= 4 is 17.7 Å². The zero-order valence-electron chi connectivity index (χ0n) is 17.0. The van der Waals surface area contributed by atoms with Crippen LogP contribution in [0.5, 0.6) is 23.0 Å². The minimum atomic E-state index is -0.416. The van der Waals surface area contributed by atoms with Gasteiger partial charge in [-0.25, -0.2) is 4.68 Å². The Morgan fingerprint density at radius 1 is 1.03 bits per heavy atom. The van der Waals surface area contributed by atoms with Gasteiger partial charge in [0.25, 0.3) is 0 Å². The third-order valence-corrected chi connectivity index (χ3v) is 5.08. The van der Waals surface area contributed by atoms with E-state index in [1.54, 1.807) is 24.3 Å². The number of aromatic nitrogens is 3. The van der Waals surface area contributed by atoms with Gasteiger partial charge in [0.2, 0.25) is 10.9 Å². The van der Waals surface area contributed by atoms with Gasteiger partial charge in [-0.1, -0.05) is 29.5 Å². The Morgan fingerprint density at radius 2 is 1.67 bits per heavy atom. The lowest BCUT2D eigenvalue weighted by Crippen LogP contribution is -2.14. The zero-order valence-corrected chi connectivity index (χ0v) is 17.9. The highest BCUT2D eigenvalue weighted by atomic mass is 32.2. The number of carbonyl (C=O) groups is 1. The molecule has 2 aromatic carbocycles. The maximum Gasteiger partial charge on any atom is 0.321 e. The predicted octanol–water partition coefficient (Wildman–Crippen LogP) is 2.69. The van der Waals surface area contributed by atoms with E-state index in [1.807, 2.05) is 19.1 Å². The molecule has 3 aromatic rings. The van der Waals surface area contributed by atoms with Crippen molar-refractivity contribution < 1.29 is 23.7 Å². The average molecular weight is 430 g/mol. The molecular weight excluding hydrogens is 408 g/mol. The molecule has 0 saturated heterocycles. The summed E-state index contributed by atoms with van der Waals surface area (Å²) in [5.74, 6) is 8.01. The van der Waals surface area contributed by atoms with Crippen molar-refractivity contribution in [1.29, 1.82) is 0 Å². The SMILES string of the molecule is COc1cc(-c2nnc(SCC(=O)Oc3ccc(C)cc3)n2N)cc(OC)c1OC. The Morgan fingerprint density at radius 3 is 2.23 bits per heavy atom. The lowest BCUT2D eigenvalue weighted by atomic mass is 10.1. The number of hydrogen-bond acceptors (Lipinski definition) is 9. The van der Waals surface area contributed by atoms with Crippen LogP contribution in [0.15, 0.2) is 41.6 Å². The first-order chi connectivity index (χ1) is 14.5. The van der Waals surface area contributed by atoms with Crippen molar-refractivity contribution in [2.24, 2.45) is 0 Å². The summed E-state index contributed by atoms with van der Waals surface area (Å²) in [5.41, 5.74) is 1.70. The monoisotopic (exact) mass is 430 g/mol. The summed E-state index contributed by atoms with van der Waals surface area (Å²) < 4.78 is 22.6. The Labute approximate surface area is 178 Å². The number of thioether (sulfide) groups is 1.